The summed E-state index contributed by atoms with van der Waals surface area (Å²) in [6, 6.07) is 14.8. The summed E-state index contributed by atoms with van der Waals surface area (Å²) in [6.07, 6.45) is 1.44. The molecule has 0 atom stereocenters. The van der Waals surface area contributed by atoms with Gasteiger partial charge in [0.1, 0.15) is 0 Å². The van der Waals surface area contributed by atoms with Gasteiger partial charge in [-0.3, -0.25) is 4.79 Å². The molecule has 0 bridgehead atoms. The van der Waals surface area contributed by atoms with Gasteiger partial charge < -0.3 is 20.0 Å². The summed E-state index contributed by atoms with van der Waals surface area (Å²) in [6.45, 7) is 6.22. The minimum absolute atomic E-state index is 0.224. The molecule has 2 N–H and O–H groups in total. The summed E-state index contributed by atoms with van der Waals surface area (Å²) >= 11 is 0. The van der Waals surface area contributed by atoms with Crippen LogP contribution in [0.15, 0.2) is 59.2 Å². The second-order valence-corrected chi connectivity index (χ2v) is 5.58. The molecule has 7 nitrogen and oxygen atoms in total. The van der Waals surface area contributed by atoms with Crippen molar-refractivity contribution in [1.82, 2.24) is 10.2 Å². The zero-order valence-electron chi connectivity index (χ0n) is 14.8. The molecule has 0 saturated carbocycles. The monoisotopic (exact) mass is 351 g/mol. The van der Waals surface area contributed by atoms with Gasteiger partial charge in [-0.2, -0.15) is 0 Å². The van der Waals surface area contributed by atoms with Crippen LogP contribution in [0, 0.1) is 0 Å². The van der Waals surface area contributed by atoms with Gasteiger partial charge >= 0.3 is 0 Å². The molecular formula is C19H21N5O2. The molecule has 1 amide bonds. The van der Waals surface area contributed by atoms with Crippen molar-refractivity contribution >= 4 is 28.9 Å². The van der Waals surface area contributed by atoms with Gasteiger partial charge in [0.25, 0.3) is 5.91 Å². The molecule has 0 unspecified atom stereocenters. The van der Waals surface area contributed by atoms with Crippen molar-refractivity contribution in [3.05, 3.63) is 60.6 Å². The van der Waals surface area contributed by atoms with Crippen LogP contribution in [0.2, 0.25) is 0 Å². The predicted molar refractivity (Wildman–Crippen MR) is 102 cm³/mol. The second-order valence-electron chi connectivity index (χ2n) is 5.58. The van der Waals surface area contributed by atoms with Crippen LogP contribution in [0.1, 0.15) is 24.4 Å². The van der Waals surface area contributed by atoms with Crippen LogP contribution in [0.25, 0.3) is 0 Å². The predicted octanol–water partition coefficient (Wildman–Crippen LogP) is 3.91. The van der Waals surface area contributed by atoms with Gasteiger partial charge in [-0.05, 0) is 62.4 Å². The third kappa shape index (κ3) is 4.18. The average Bonchev–Trinajstić information content (AvgIpc) is 3.21. The van der Waals surface area contributed by atoms with Crippen LogP contribution < -0.4 is 15.5 Å². The summed E-state index contributed by atoms with van der Waals surface area (Å²) in [5.74, 6) is 0.810. The van der Waals surface area contributed by atoms with Crippen LogP contribution in [0.3, 0.4) is 0 Å². The second kappa shape index (κ2) is 8.15. The molecule has 134 valence electrons. The zero-order chi connectivity index (χ0) is 18.4. The molecule has 0 aliphatic carbocycles. The van der Waals surface area contributed by atoms with Crippen molar-refractivity contribution in [2.24, 2.45) is 0 Å². The first-order valence-electron chi connectivity index (χ1n) is 8.50. The lowest BCUT2D eigenvalue weighted by Crippen LogP contribution is -2.21. The summed E-state index contributed by atoms with van der Waals surface area (Å²) in [4.78, 5) is 14.2. The number of nitrogens with one attached hydrogen (secondary N) is 2. The molecule has 0 spiro atoms. The lowest BCUT2D eigenvalue weighted by Gasteiger charge is -2.21. The largest absolute Gasteiger partial charge is 0.459 e. The smallest absolute Gasteiger partial charge is 0.292 e. The highest BCUT2D eigenvalue weighted by atomic mass is 16.3. The van der Waals surface area contributed by atoms with Crippen LogP contribution in [0.5, 0.6) is 0 Å². The quantitative estimate of drug-likeness (QED) is 0.671. The SMILES string of the molecule is CCN(CC)c1ccc(Nc2ccc(NC(=O)c3ccco3)nn2)cc1. The van der Waals surface area contributed by atoms with E-state index < -0.39 is 0 Å². The lowest BCUT2D eigenvalue weighted by atomic mass is 10.2. The first-order chi connectivity index (χ1) is 12.7. The number of carbonyl (C=O) groups is 1. The number of rotatable bonds is 7. The number of furan rings is 1. The van der Waals surface area contributed by atoms with Gasteiger partial charge in [-0.1, -0.05) is 0 Å². The third-order valence-electron chi connectivity index (χ3n) is 3.92. The Morgan fingerprint density at radius 3 is 2.27 bits per heavy atom. The molecule has 0 saturated heterocycles. The number of aromatic nitrogens is 2. The molecular weight excluding hydrogens is 330 g/mol. The Bertz CT molecular complexity index is 825. The van der Waals surface area contributed by atoms with Crippen LogP contribution in [0.4, 0.5) is 23.0 Å². The highest BCUT2D eigenvalue weighted by Crippen LogP contribution is 2.20. The fourth-order valence-electron chi connectivity index (χ4n) is 2.54. The Balaban J connectivity index is 1.61. The molecule has 0 aliphatic rings. The molecule has 0 fully saturated rings. The minimum atomic E-state index is -0.364. The maximum absolute atomic E-state index is 11.9. The lowest BCUT2D eigenvalue weighted by molar-refractivity contribution is 0.0996. The van der Waals surface area contributed by atoms with Gasteiger partial charge in [0.05, 0.1) is 6.26 Å². The number of nitrogens with zero attached hydrogens (tertiary/aromatic N) is 3. The first-order valence-corrected chi connectivity index (χ1v) is 8.50. The Labute approximate surface area is 152 Å². The number of benzene rings is 1. The van der Waals surface area contributed by atoms with Crippen molar-refractivity contribution in [2.45, 2.75) is 13.8 Å². The molecule has 0 radical (unpaired) electrons. The van der Waals surface area contributed by atoms with E-state index in [1.54, 1.807) is 24.3 Å². The normalized spacial score (nSPS) is 10.4. The van der Waals surface area contributed by atoms with E-state index in [2.05, 4.69) is 51.7 Å². The number of carbonyl (C=O) groups excluding carboxylic acids is 1. The topological polar surface area (TPSA) is 83.3 Å². The summed E-state index contributed by atoms with van der Waals surface area (Å²) in [7, 11) is 0. The molecule has 1 aromatic carbocycles. The van der Waals surface area contributed by atoms with Gasteiger partial charge in [-0.15, -0.1) is 10.2 Å². The van der Waals surface area contributed by atoms with Gasteiger partial charge in [0, 0.05) is 24.5 Å². The fraction of sp³-hybridized carbons (Fsp3) is 0.211. The maximum Gasteiger partial charge on any atom is 0.292 e. The summed E-state index contributed by atoms with van der Waals surface area (Å²) < 4.78 is 5.04. The van der Waals surface area contributed by atoms with Crippen molar-refractivity contribution in [3.63, 3.8) is 0 Å². The fourth-order valence-corrected chi connectivity index (χ4v) is 2.54. The zero-order valence-corrected chi connectivity index (χ0v) is 14.8. The molecule has 3 aromatic rings. The van der Waals surface area contributed by atoms with Crippen LogP contribution >= 0.6 is 0 Å². The molecule has 2 aromatic heterocycles. The minimum Gasteiger partial charge on any atom is -0.459 e. The highest BCUT2D eigenvalue weighted by Gasteiger charge is 2.09. The Kier molecular flexibility index (Phi) is 5.48. The van der Waals surface area contributed by atoms with E-state index in [4.69, 9.17) is 4.42 Å². The molecule has 26 heavy (non-hydrogen) atoms. The number of anilines is 4. The van der Waals surface area contributed by atoms with Crippen molar-refractivity contribution < 1.29 is 9.21 Å². The Morgan fingerprint density at radius 1 is 1.00 bits per heavy atom. The van der Waals surface area contributed by atoms with E-state index in [-0.39, 0.29) is 11.7 Å². The highest BCUT2D eigenvalue weighted by molar-refractivity contribution is 6.01. The third-order valence-corrected chi connectivity index (χ3v) is 3.92. The van der Waals surface area contributed by atoms with Crippen LogP contribution in [-0.4, -0.2) is 29.2 Å². The van der Waals surface area contributed by atoms with Crippen molar-refractivity contribution in [1.29, 1.82) is 0 Å². The molecule has 7 heteroatoms. The standard InChI is InChI=1S/C19H21N5O2/c1-3-24(4-2)15-9-7-14(8-10-15)20-17-11-12-18(23-22-17)21-19(25)16-6-5-13-26-16/h5-13H,3-4H2,1-2H3,(H,20,22)(H,21,23,25). The van der Waals surface area contributed by atoms with Crippen molar-refractivity contribution in [2.75, 3.05) is 28.6 Å². The number of hydrogen-bond acceptors (Lipinski definition) is 6. The molecule has 2 heterocycles. The van der Waals surface area contributed by atoms with E-state index in [0.29, 0.717) is 11.6 Å². The van der Waals surface area contributed by atoms with Gasteiger partial charge in [0.15, 0.2) is 17.4 Å². The van der Waals surface area contributed by atoms with E-state index in [0.717, 1.165) is 18.8 Å². The van der Waals surface area contributed by atoms with E-state index in [1.807, 2.05) is 12.1 Å². The van der Waals surface area contributed by atoms with Crippen LogP contribution in [-0.2, 0) is 0 Å². The van der Waals surface area contributed by atoms with E-state index in [1.165, 1.54) is 12.0 Å². The van der Waals surface area contributed by atoms with E-state index >= 15 is 0 Å². The Morgan fingerprint density at radius 2 is 1.69 bits per heavy atom. The average molecular weight is 351 g/mol. The molecule has 3 rings (SSSR count). The number of hydrogen-bond donors (Lipinski definition) is 2. The molecule has 0 aliphatic heterocycles. The van der Waals surface area contributed by atoms with Gasteiger partial charge in [0.2, 0.25) is 0 Å². The van der Waals surface area contributed by atoms with Crippen molar-refractivity contribution in [3.8, 4) is 0 Å². The maximum atomic E-state index is 11.9. The summed E-state index contributed by atoms with van der Waals surface area (Å²) in [5.41, 5.74) is 2.10. The first kappa shape index (κ1) is 17.5. The Hall–Kier alpha value is -3.35. The van der Waals surface area contributed by atoms with Gasteiger partial charge in [-0.25, -0.2) is 0 Å². The van der Waals surface area contributed by atoms with E-state index in [9.17, 15) is 4.79 Å². The number of amides is 1. The summed E-state index contributed by atoms with van der Waals surface area (Å²) in [5, 5.41) is 13.9.